The molecule has 0 amide bonds. The molecule has 0 aliphatic carbocycles. The van der Waals surface area contributed by atoms with E-state index in [1.165, 1.54) is 6.07 Å². The van der Waals surface area contributed by atoms with Crippen molar-refractivity contribution in [1.82, 2.24) is 25.0 Å². The van der Waals surface area contributed by atoms with Gasteiger partial charge in [-0.2, -0.15) is 0 Å². The fourth-order valence-electron chi connectivity index (χ4n) is 4.25. The van der Waals surface area contributed by atoms with E-state index in [2.05, 4.69) is 25.0 Å². The van der Waals surface area contributed by atoms with Gasteiger partial charge in [0.05, 0.1) is 18.7 Å². The second kappa shape index (κ2) is 7.48. The number of nitrogens with one attached hydrogen (secondary N) is 1. The summed E-state index contributed by atoms with van der Waals surface area (Å²) in [6.07, 6.45) is 2.15. The van der Waals surface area contributed by atoms with Crippen LogP contribution in [-0.2, 0) is 19.6 Å². The first kappa shape index (κ1) is 17.6. The Hall–Kier alpha value is -2.51. The molecule has 0 radical (unpaired) electrons. The van der Waals surface area contributed by atoms with Gasteiger partial charge >= 0.3 is 0 Å². The summed E-state index contributed by atoms with van der Waals surface area (Å²) < 4.78 is 22.2. The standard InChI is InChI=1S/C21H24FN5O/c22-18-4-2-1-3-17(18)19-6-5-16(28-19)14-26-10-7-15(8-11-26)21-25-24-20-13-23-9-12-27(20)21/h1-6,15,23H,7-14H2. The number of nitrogens with zero attached hydrogens (tertiary/aromatic N) is 4. The molecular formula is C21H24FN5O. The molecule has 5 rings (SSSR count). The lowest BCUT2D eigenvalue weighted by Gasteiger charge is -2.31. The SMILES string of the molecule is Fc1ccccc1-c1ccc(CN2CCC(c3nnc4n3CCNC4)CC2)o1. The number of furan rings is 1. The monoisotopic (exact) mass is 381 g/mol. The highest BCUT2D eigenvalue weighted by Gasteiger charge is 2.27. The number of rotatable bonds is 4. The molecule has 146 valence electrons. The first-order chi connectivity index (χ1) is 13.8. The Bertz CT molecular complexity index is 957. The molecule has 3 aromatic rings. The summed E-state index contributed by atoms with van der Waals surface area (Å²) in [4.78, 5) is 2.40. The van der Waals surface area contributed by atoms with Gasteiger partial charge in [-0.15, -0.1) is 10.2 Å². The van der Waals surface area contributed by atoms with E-state index in [1.54, 1.807) is 12.1 Å². The van der Waals surface area contributed by atoms with Gasteiger partial charge in [0.2, 0.25) is 0 Å². The summed E-state index contributed by atoms with van der Waals surface area (Å²) >= 11 is 0. The summed E-state index contributed by atoms with van der Waals surface area (Å²) in [5, 5.41) is 12.2. The Balaban J connectivity index is 1.21. The number of piperidine rings is 1. The van der Waals surface area contributed by atoms with Crippen molar-refractivity contribution in [1.29, 1.82) is 0 Å². The lowest BCUT2D eigenvalue weighted by Crippen LogP contribution is -2.34. The number of fused-ring (bicyclic) bond motifs is 1. The van der Waals surface area contributed by atoms with Gasteiger partial charge in [0, 0.05) is 19.0 Å². The Morgan fingerprint density at radius 2 is 1.93 bits per heavy atom. The third-order valence-corrected chi connectivity index (χ3v) is 5.78. The summed E-state index contributed by atoms with van der Waals surface area (Å²) in [5.41, 5.74) is 0.513. The molecule has 0 atom stereocenters. The third-order valence-electron chi connectivity index (χ3n) is 5.78. The lowest BCUT2D eigenvalue weighted by atomic mass is 9.95. The number of halogens is 1. The summed E-state index contributed by atoms with van der Waals surface area (Å²) in [6, 6.07) is 10.5. The molecular weight excluding hydrogens is 357 g/mol. The van der Waals surface area contributed by atoms with E-state index in [0.717, 1.165) is 69.5 Å². The van der Waals surface area contributed by atoms with Crippen LogP contribution in [-0.4, -0.2) is 39.3 Å². The van der Waals surface area contributed by atoms with Gasteiger partial charge in [0.1, 0.15) is 29.0 Å². The quantitative estimate of drug-likeness (QED) is 0.752. The molecule has 0 unspecified atom stereocenters. The molecule has 0 spiro atoms. The molecule has 7 heteroatoms. The fourth-order valence-corrected chi connectivity index (χ4v) is 4.25. The number of aromatic nitrogens is 3. The van der Waals surface area contributed by atoms with Crippen molar-refractivity contribution in [3.05, 3.63) is 59.6 Å². The topological polar surface area (TPSA) is 59.1 Å². The molecule has 2 aromatic heterocycles. The van der Waals surface area contributed by atoms with E-state index in [9.17, 15) is 4.39 Å². The van der Waals surface area contributed by atoms with Crippen molar-refractivity contribution < 1.29 is 8.81 Å². The second-order valence-corrected chi connectivity index (χ2v) is 7.60. The van der Waals surface area contributed by atoms with Crippen molar-refractivity contribution >= 4 is 0 Å². The van der Waals surface area contributed by atoms with E-state index in [1.807, 2.05) is 18.2 Å². The fraction of sp³-hybridized carbons (Fsp3) is 0.429. The molecule has 4 heterocycles. The van der Waals surface area contributed by atoms with Crippen LogP contribution in [0.4, 0.5) is 4.39 Å². The van der Waals surface area contributed by atoms with Gasteiger partial charge in [-0.3, -0.25) is 4.90 Å². The average molecular weight is 381 g/mol. The second-order valence-electron chi connectivity index (χ2n) is 7.60. The molecule has 0 bridgehead atoms. The smallest absolute Gasteiger partial charge is 0.147 e. The molecule has 1 aromatic carbocycles. The minimum absolute atomic E-state index is 0.254. The van der Waals surface area contributed by atoms with Crippen LogP contribution in [0.3, 0.4) is 0 Å². The van der Waals surface area contributed by atoms with Crippen LogP contribution in [0.25, 0.3) is 11.3 Å². The Labute approximate surface area is 163 Å². The maximum atomic E-state index is 14.0. The Morgan fingerprint density at radius 1 is 1.07 bits per heavy atom. The van der Waals surface area contributed by atoms with Gasteiger partial charge in [-0.1, -0.05) is 12.1 Å². The van der Waals surface area contributed by atoms with Crippen LogP contribution in [0.2, 0.25) is 0 Å². The zero-order valence-corrected chi connectivity index (χ0v) is 15.8. The average Bonchev–Trinajstić information content (AvgIpc) is 3.36. The molecule has 1 saturated heterocycles. The maximum Gasteiger partial charge on any atom is 0.147 e. The summed E-state index contributed by atoms with van der Waals surface area (Å²) in [5.74, 6) is 3.89. The lowest BCUT2D eigenvalue weighted by molar-refractivity contribution is 0.187. The first-order valence-corrected chi connectivity index (χ1v) is 9.96. The van der Waals surface area contributed by atoms with Crippen LogP contribution >= 0.6 is 0 Å². The van der Waals surface area contributed by atoms with Gasteiger partial charge in [0.15, 0.2) is 0 Å². The van der Waals surface area contributed by atoms with Crippen molar-refractivity contribution in [3.63, 3.8) is 0 Å². The highest BCUT2D eigenvalue weighted by molar-refractivity contribution is 5.58. The van der Waals surface area contributed by atoms with E-state index >= 15 is 0 Å². The predicted octanol–water partition coefficient (Wildman–Crippen LogP) is 3.16. The summed E-state index contributed by atoms with van der Waals surface area (Å²) in [6.45, 7) is 5.52. The van der Waals surface area contributed by atoms with Crippen LogP contribution in [0.1, 0.15) is 36.2 Å². The van der Waals surface area contributed by atoms with Crippen molar-refractivity contribution in [2.75, 3.05) is 19.6 Å². The Kier molecular flexibility index (Phi) is 4.70. The van der Waals surface area contributed by atoms with Gasteiger partial charge in [-0.25, -0.2) is 4.39 Å². The van der Waals surface area contributed by atoms with Gasteiger partial charge in [-0.05, 0) is 50.2 Å². The minimum atomic E-state index is -0.254. The molecule has 1 fully saturated rings. The van der Waals surface area contributed by atoms with Crippen molar-refractivity contribution in [3.8, 4) is 11.3 Å². The highest BCUT2D eigenvalue weighted by Crippen LogP contribution is 2.30. The van der Waals surface area contributed by atoms with Crippen LogP contribution in [0.15, 0.2) is 40.8 Å². The van der Waals surface area contributed by atoms with E-state index in [4.69, 9.17) is 4.42 Å². The number of benzene rings is 1. The predicted molar refractivity (Wildman–Crippen MR) is 103 cm³/mol. The third kappa shape index (κ3) is 3.36. The molecule has 6 nitrogen and oxygen atoms in total. The maximum absolute atomic E-state index is 14.0. The van der Waals surface area contributed by atoms with Crippen LogP contribution in [0.5, 0.6) is 0 Å². The molecule has 28 heavy (non-hydrogen) atoms. The largest absolute Gasteiger partial charge is 0.460 e. The normalized spacial score (nSPS) is 18.3. The van der Waals surface area contributed by atoms with Crippen LogP contribution in [0, 0.1) is 5.82 Å². The van der Waals surface area contributed by atoms with Gasteiger partial charge < -0.3 is 14.3 Å². The zero-order chi connectivity index (χ0) is 18.9. The minimum Gasteiger partial charge on any atom is -0.460 e. The summed E-state index contributed by atoms with van der Waals surface area (Å²) in [7, 11) is 0. The zero-order valence-electron chi connectivity index (χ0n) is 15.8. The van der Waals surface area contributed by atoms with Crippen molar-refractivity contribution in [2.45, 2.75) is 38.4 Å². The van der Waals surface area contributed by atoms with E-state index in [0.29, 0.717) is 17.2 Å². The van der Waals surface area contributed by atoms with Gasteiger partial charge in [0.25, 0.3) is 0 Å². The highest BCUT2D eigenvalue weighted by atomic mass is 19.1. The van der Waals surface area contributed by atoms with Crippen molar-refractivity contribution in [2.24, 2.45) is 0 Å². The molecule has 0 saturated carbocycles. The molecule has 2 aliphatic heterocycles. The van der Waals surface area contributed by atoms with E-state index in [-0.39, 0.29) is 5.82 Å². The Morgan fingerprint density at radius 3 is 2.79 bits per heavy atom. The number of likely N-dealkylation sites (tertiary alicyclic amines) is 1. The first-order valence-electron chi connectivity index (χ1n) is 9.96. The number of hydrogen-bond donors (Lipinski definition) is 1. The van der Waals surface area contributed by atoms with Crippen LogP contribution < -0.4 is 5.32 Å². The molecule has 2 aliphatic rings. The van der Waals surface area contributed by atoms with E-state index < -0.39 is 0 Å². The number of hydrogen-bond acceptors (Lipinski definition) is 5. The molecule has 1 N–H and O–H groups in total.